The second kappa shape index (κ2) is 6.38. The number of carbonyl (C=O) groups is 1. The summed E-state index contributed by atoms with van der Waals surface area (Å²) < 4.78 is 26.9. The molecule has 132 valence electrons. The molecule has 0 atom stereocenters. The van der Waals surface area contributed by atoms with Gasteiger partial charge in [-0.05, 0) is 56.4 Å². The highest BCUT2D eigenvalue weighted by Gasteiger charge is 2.46. The molecule has 2 aromatic rings. The minimum atomic E-state index is -0.673. The summed E-state index contributed by atoms with van der Waals surface area (Å²) in [5.41, 5.74) is 1.50. The van der Waals surface area contributed by atoms with Crippen molar-refractivity contribution in [1.82, 2.24) is 15.3 Å². The van der Waals surface area contributed by atoms with Crippen molar-refractivity contribution < 1.29 is 13.6 Å². The second-order valence-electron chi connectivity index (χ2n) is 6.52. The lowest BCUT2D eigenvalue weighted by molar-refractivity contribution is -0.122. The molecular weight excluding hydrogens is 328 g/mol. The van der Waals surface area contributed by atoms with E-state index < -0.39 is 22.9 Å². The third kappa shape index (κ3) is 3.75. The van der Waals surface area contributed by atoms with E-state index in [9.17, 15) is 18.4 Å². The van der Waals surface area contributed by atoms with Gasteiger partial charge in [0.25, 0.3) is 0 Å². The molecule has 3 rings (SSSR count). The number of hydrogen-bond acceptors (Lipinski definition) is 3. The van der Waals surface area contributed by atoms with E-state index in [1.54, 1.807) is 13.8 Å². The fourth-order valence-electron chi connectivity index (χ4n) is 3.13. The molecule has 1 fully saturated rings. The topological polar surface area (TPSA) is 74.8 Å². The number of rotatable bonds is 5. The number of hydrogen-bond donors (Lipinski definition) is 2. The van der Waals surface area contributed by atoms with Crippen molar-refractivity contribution >= 4 is 5.91 Å². The molecule has 1 aromatic carbocycles. The summed E-state index contributed by atoms with van der Waals surface area (Å²) in [7, 11) is 0. The molecule has 2 N–H and O–H groups in total. The van der Waals surface area contributed by atoms with E-state index in [1.807, 2.05) is 0 Å². The third-order valence-electron chi connectivity index (χ3n) is 4.60. The average molecular weight is 347 g/mol. The Morgan fingerprint density at radius 1 is 1.24 bits per heavy atom. The molecule has 1 aliphatic carbocycles. The predicted molar refractivity (Wildman–Crippen MR) is 88.1 cm³/mol. The van der Waals surface area contributed by atoms with Gasteiger partial charge in [-0.3, -0.25) is 4.79 Å². The SMILES string of the molecule is Cc1nc(=O)[nH]c(C)c1CCC(=O)NC1(c2cc(F)cc(F)c2)CC1. The number of aryl methyl sites for hydroxylation is 2. The van der Waals surface area contributed by atoms with Crippen LogP contribution in [0.3, 0.4) is 0 Å². The molecule has 0 unspecified atom stereocenters. The molecule has 0 spiro atoms. The van der Waals surface area contributed by atoms with Crippen LogP contribution < -0.4 is 11.0 Å². The fourth-order valence-corrected chi connectivity index (χ4v) is 3.13. The van der Waals surface area contributed by atoms with E-state index in [4.69, 9.17) is 0 Å². The summed E-state index contributed by atoms with van der Waals surface area (Å²) in [6.07, 6.45) is 1.94. The van der Waals surface area contributed by atoms with Gasteiger partial charge < -0.3 is 10.3 Å². The smallest absolute Gasteiger partial charge is 0.345 e. The summed E-state index contributed by atoms with van der Waals surface area (Å²) in [6.45, 7) is 3.49. The van der Waals surface area contributed by atoms with Gasteiger partial charge in [0, 0.05) is 23.9 Å². The molecule has 0 aliphatic heterocycles. The minimum absolute atomic E-state index is 0.202. The maximum atomic E-state index is 13.4. The minimum Gasteiger partial charge on any atom is -0.347 e. The van der Waals surface area contributed by atoms with E-state index in [1.165, 1.54) is 12.1 Å². The normalized spacial score (nSPS) is 15.0. The van der Waals surface area contributed by atoms with Crippen LogP contribution in [0.1, 0.15) is 41.8 Å². The van der Waals surface area contributed by atoms with E-state index in [-0.39, 0.29) is 12.3 Å². The lowest BCUT2D eigenvalue weighted by Crippen LogP contribution is -2.35. The molecule has 1 aromatic heterocycles. The Bertz CT molecular complexity index is 842. The molecule has 7 heteroatoms. The lowest BCUT2D eigenvalue weighted by Gasteiger charge is -2.18. The highest BCUT2D eigenvalue weighted by atomic mass is 19.1. The van der Waals surface area contributed by atoms with Crippen LogP contribution in [-0.4, -0.2) is 15.9 Å². The average Bonchev–Trinajstić information content (AvgIpc) is 3.26. The number of carbonyl (C=O) groups excluding carboxylic acids is 1. The van der Waals surface area contributed by atoms with Crippen molar-refractivity contribution in [3.63, 3.8) is 0 Å². The van der Waals surface area contributed by atoms with Crippen molar-refractivity contribution in [2.45, 2.75) is 45.1 Å². The van der Waals surface area contributed by atoms with Gasteiger partial charge in [0.2, 0.25) is 5.91 Å². The van der Waals surface area contributed by atoms with Crippen molar-refractivity contribution in [3.8, 4) is 0 Å². The third-order valence-corrected chi connectivity index (χ3v) is 4.60. The van der Waals surface area contributed by atoms with Gasteiger partial charge in [0.1, 0.15) is 11.6 Å². The Kier molecular flexibility index (Phi) is 4.41. The van der Waals surface area contributed by atoms with Gasteiger partial charge in [-0.1, -0.05) is 0 Å². The highest BCUT2D eigenvalue weighted by Crippen LogP contribution is 2.45. The molecule has 0 saturated heterocycles. The molecule has 25 heavy (non-hydrogen) atoms. The molecule has 0 bridgehead atoms. The van der Waals surface area contributed by atoms with Crippen LogP contribution in [0.25, 0.3) is 0 Å². The van der Waals surface area contributed by atoms with Crippen molar-refractivity contribution in [3.05, 3.63) is 62.8 Å². The number of nitrogens with one attached hydrogen (secondary N) is 2. The molecule has 1 saturated carbocycles. The van der Waals surface area contributed by atoms with Gasteiger partial charge in [0.05, 0.1) is 5.54 Å². The lowest BCUT2D eigenvalue weighted by atomic mass is 10.0. The molecular formula is C18H19F2N3O2. The zero-order chi connectivity index (χ0) is 18.2. The molecule has 1 aliphatic rings. The molecule has 1 heterocycles. The largest absolute Gasteiger partial charge is 0.347 e. The fraction of sp³-hybridized carbons (Fsp3) is 0.389. The van der Waals surface area contributed by atoms with Crippen LogP contribution in [0.4, 0.5) is 8.78 Å². The van der Waals surface area contributed by atoms with E-state index >= 15 is 0 Å². The first-order valence-electron chi connectivity index (χ1n) is 8.13. The van der Waals surface area contributed by atoms with Gasteiger partial charge in [-0.25, -0.2) is 13.6 Å². The number of aromatic amines is 1. The Balaban J connectivity index is 1.68. The number of nitrogens with zero attached hydrogens (tertiary/aromatic N) is 1. The van der Waals surface area contributed by atoms with Crippen LogP contribution in [-0.2, 0) is 16.8 Å². The highest BCUT2D eigenvalue weighted by molar-refractivity contribution is 5.78. The number of H-pyrrole nitrogens is 1. The number of benzene rings is 1. The van der Waals surface area contributed by atoms with E-state index in [2.05, 4.69) is 15.3 Å². The summed E-state index contributed by atoms with van der Waals surface area (Å²) in [4.78, 5) is 30.1. The van der Waals surface area contributed by atoms with Gasteiger partial charge in [-0.15, -0.1) is 0 Å². The van der Waals surface area contributed by atoms with Crippen LogP contribution in [0.2, 0.25) is 0 Å². The predicted octanol–water partition coefficient (Wildman–Crippen LogP) is 2.40. The summed E-state index contributed by atoms with van der Waals surface area (Å²) in [5, 5.41) is 2.89. The second-order valence-corrected chi connectivity index (χ2v) is 6.52. The number of halogens is 2. The number of amides is 1. The first-order chi connectivity index (χ1) is 11.8. The quantitative estimate of drug-likeness (QED) is 0.872. The molecule has 5 nitrogen and oxygen atoms in total. The van der Waals surface area contributed by atoms with Gasteiger partial charge in [-0.2, -0.15) is 4.98 Å². The standard InChI is InChI=1S/C18H19F2N3O2/c1-10-15(11(2)22-17(25)21-10)3-4-16(24)23-18(5-6-18)12-7-13(19)9-14(20)8-12/h7-9H,3-6H2,1-2H3,(H,23,24)(H,21,22,25). The maximum absolute atomic E-state index is 13.4. The summed E-state index contributed by atoms with van der Waals surface area (Å²) in [5.74, 6) is -1.51. The first kappa shape index (κ1) is 17.3. The van der Waals surface area contributed by atoms with Gasteiger partial charge >= 0.3 is 5.69 Å². The molecule has 1 amide bonds. The Morgan fingerprint density at radius 3 is 2.44 bits per heavy atom. The van der Waals surface area contributed by atoms with E-state index in [0.29, 0.717) is 36.2 Å². The Hall–Kier alpha value is -2.57. The van der Waals surface area contributed by atoms with Crippen LogP contribution in [0, 0.1) is 25.5 Å². The van der Waals surface area contributed by atoms with Gasteiger partial charge in [0.15, 0.2) is 0 Å². The summed E-state index contributed by atoms with van der Waals surface area (Å²) >= 11 is 0. The number of aromatic nitrogens is 2. The zero-order valence-electron chi connectivity index (χ0n) is 14.1. The summed E-state index contributed by atoms with van der Waals surface area (Å²) in [6, 6.07) is 3.34. The van der Waals surface area contributed by atoms with Crippen molar-refractivity contribution in [2.24, 2.45) is 0 Å². The van der Waals surface area contributed by atoms with Crippen molar-refractivity contribution in [1.29, 1.82) is 0 Å². The van der Waals surface area contributed by atoms with Crippen LogP contribution >= 0.6 is 0 Å². The monoisotopic (exact) mass is 347 g/mol. The first-order valence-corrected chi connectivity index (χ1v) is 8.13. The zero-order valence-corrected chi connectivity index (χ0v) is 14.1. The van der Waals surface area contributed by atoms with Crippen LogP contribution in [0.15, 0.2) is 23.0 Å². The van der Waals surface area contributed by atoms with E-state index in [0.717, 1.165) is 11.6 Å². The Labute approximate surface area is 143 Å². The van der Waals surface area contributed by atoms with Crippen molar-refractivity contribution in [2.75, 3.05) is 0 Å². The molecule has 0 radical (unpaired) electrons. The Morgan fingerprint density at radius 2 is 1.88 bits per heavy atom. The van der Waals surface area contributed by atoms with Crippen LogP contribution in [0.5, 0.6) is 0 Å². The maximum Gasteiger partial charge on any atom is 0.345 e.